The Morgan fingerprint density at radius 2 is 0.487 bits per heavy atom. The van der Waals surface area contributed by atoms with Crippen LogP contribution in [0, 0.1) is 96.4 Å². The number of benzene rings is 11. The molecule has 11 aromatic carbocycles. The summed E-state index contributed by atoms with van der Waals surface area (Å²) in [5.74, 6) is 0. The molecule has 2 aliphatic heterocycles. The van der Waals surface area contributed by atoms with Gasteiger partial charge in [-0.15, -0.1) is 0 Å². The second-order valence-corrected chi connectivity index (χ2v) is 43.8. The van der Waals surface area contributed by atoms with Crippen LogP contribution < -0.4 is 35.5 Å². The van der Waals surface area contributed by atoms with Crippen LogP contribution in [0.25, 0.3) is 22.3 Å². The quantitative estimate of drug-likeness (QED) is 0.0900. The van der Waals surface area contributed by atoms with E-state index in [1.165, 1.54) is 348 Å². The van der Waals surface area contributed by atoms with Crippen molar-refractivity contribution < 1.29 is 27.0 Å². The van der Waals surface area contributed by atoms with Crippen LogP contribution in [-0.2, 0) is 27.0 Å². The molecular weight excluding hydrogens is 2010 g/mol. The van der Waals surface area contributed by atoms with Crippen LogP contribution in [0.3, 0.4) is 0 Å². The van der Waals surface area contributed by atoms with Crippen LogP contribution in [0.4, 0.5) is 22.7 Å². The maximum absolute atomic E-state index is 6.21. The van der Waals surface area contributed by atoms with Gasteiger partial charge in [0.05, 0.1) is 7.92 Å². The molecule has 2 fully saturated rings. The molecule has 0 N–H and O–H groups in total. The Kier molecular flexibility index (Phi) is 49.6. The Morgan fingerprint density at radius 1 is 0.291 bits per heavy atom. The molecule has 0 radical (unpaired) electrons. The summed E-state index contributed by atoms with van der Waals surface area (Å²) < 4.78 is 4.38. The van der Waals surface area contributed by atoms with E-state index >= 15 is 0 Å². The van der Waals surface area contributed by atoms with Gasteiger partial charge in [0.1, 0.15) is 15.9 Å². The zero-order valence-electron chi connectivity index (χ0n) is 70.8. The third-order valence-corrected chi connectivity index (χ3v) is 29.3. The van der Waals surface area contributed by atoms with Crippen molar-refractivity contribution in [2.45, 2.75) is 83.1 Å². The van der Waals surface area contributed by atoms with E-state index in [9.17, 15) is 0 Å². The SMILES string of the molecule is Brc1cccnc1.Brc1cccnc1.Cc1cc(C)c(N2[CH-]N(c3c(C)cc(C)cc3C)CC2)c(C)c1.Cc1cc(C)c(N2[CH-]N(c3c(C)cc(C)cc3C)CC2)c(C)c1.[Cl][Ru]([Cl])=[C]1c2ccccc2-c2ccccc21.[Cl][Ru]([Cl])=[C]1c2ccccc2-c2ccccc21.[K][K].[K][K].[K][K].c1ccc([PH+](c2ccccc2)c2ccccc2)cc1. The summed E-state index contributed by atoms with van der Waals surface area (Å²) in [4.78, 5) is 17.3. The zero-order valence-corrected chi connectivity index (χ0v) is 100. The summed E-state index contributed by atoms with van der Waals surface area (Å²) in [6, 6.07) is 91.7. The molecule has 0 saturated carbocycles. The zero-order chi connectivity index (χ0) is 84.8. The van der Waals surface area contributed by atoms with E-state index < -0.39 is 35.0 Å². The number of halogens is 6. The normalized spacial score (nSPS) is 12.4. The number of fused-ring (bicyclic) bond motifs is 6. The van der Waals surface area contributed by atoms with Gasteiger partial charge in [-0.3, -0.25) is 9.97 Å². The molecule has 2 aliphatic carbocycles. The number of hydrogen-bond acceptors (Lipinski definition) is 6. The van der Waals surface area contributed by atoms with Crippen LogP contribution in [0.1, 0.15) is 89.0 Å². The van der Waals surface area contributed by atoms with Gasteiger partial charge in [0, 0.05) is 82.7 Å². The van der Waals surface area contributed by atoms with Gasteiger partial charge in [0.25, 0.3) is 0 Å². The molecular formula is C96H94Br2Cl4K6N6PRu2-. The fourth-order valence-corrected chi connectivity index (χ4v) is 24.8. The van der Waals surface area contributed by atoms with Gasteiger partial charge in [-0.25, -0.2) is 0 Å². The van der Waals surface area contributed by atoms with Gasteiger partial charge in [0.15, 0.2) is 0 Å². The molecule has 0 bridgehead atoms. The molecule has 4 aliphatic rings. The minimum atomic E-state index is -1.88. The van der Waals surface area contributed by atoms with Crippen molar-refractivity contribution in [1.29, 1.82) is 0 Å². The molecule has 2 aromatic heterocycles. The summed E-state index contributed by atoms with van der Waals surface area (Å²) >= 11 is 10.2. The van der Waals surface area contributed by atoms with Crippen molar-refractivity contribution in [3.05, 3.63) is 397 Å². The topological polar surface area (TPSA) is 38.7 Å². The van der Waals surface area contributed by atoms with Crippen LogP contribution in [-0.4, -0.2) is 234 Å². The van der Waals surface area contributed by atoms with Crippen molar-refractivity contribution in [1.82, 2.24) is 9.97 Å². The fourth-order valence-electron chi connectivity index (χ4n) is 15.4. The monoisotopic (exact) mass is 2100 g/mol. The first-order valence-corrected chi connectivity index (χ1v) is 102. The number of nitrogens with zero attached hydrogens (tertiary/aromatic N) is 6. The minimum absolute atomic E-state index is 0.877. The second-order valence-electron chi connectivity index (χ2n) is 28.0. The first kappa shape index (κ1) is 105. The van der Waals surface area contributed by atoms with Crippen molar-refractivity contribution in [3.63, 3.8) is 0 Å². The average molecular weight is 2100 g/mol. The predicted molar refractivity (Wildman–Crippen MR) is 519 cm³/mol. The number of hydrogen-bond donors (Lipinski definition) is 0. The van der Waals surface area contributed by atoms with Crippen molar-refractivity contribution in [2.24, 2.45) is 0 Å². The van der Waals surface area contributed by atoms with E-state index in [1.54, 1.807) is 24.8 Å². The van der Waals surface area contributed by atoms with Gasteiger partial charge in [-0.05, 0) is 220 Å². The number of aryl methyl sites for hydroxylation is 12. The van der Waals surface area contributed by atoms with E-state index in [0.29, 0.717) is 0 Å². The molecule has 0 unspecified atom stereocenters. The standard InChI is InChI=1S/2C21H27N2.C18H15P.2C13H8.2C5H4BrN.4ClH.6K.2Ru/c2*1-14-9-16(3)20(17(4)10-14)22-7-8-23(13-22)21-18(5)11-15(2)12-19(21)6;1-4-10-16(11-5-1)19(17-12-6-2-7-13-17)18-14-8-3-9-15-18;2*1-3-7-12-10(5-1)9-11-6-2-4-8-13(11)12;2*6-5-2-1-3-7-4-5;;;;;;;;;;;;/h2*9-13H,7-8H2,1-6H3;1-15H;2*1-8H;2*1-4H;4*1H;;;;;;;;/q2*-1;;;;;;;;;;;;;;;;2*+2/p-3. The van der Waals surface area contributed by atoms with Crippen molar-refractivity contribution in [3.8, 4) is 22.3 Å². The second kappa shape index (κ2) is 55.5. The van der Waals surface area contributed by atoms with E-state index in [-0.39, 0.29) is 0 Å². The van der Waals surface area contributed by atoms with E-state index in [2.05, 4.69) is 370 Å². The van der Waals surface area contributed by atoms with Crippen LogP contribution in [0.5, 0.6) is 0 Å². The van der Waals surface area contributed by atoms with Gasteiger partial charge in [0.2, 0.25) is 0 Å². The minimum Gasteiger partial charge on any atom is -0.0620 e. The number of anilines is 4. The van der Waals surface area contributed by atoms with Gasteiger partial charge in [-0.1, -0.05) is 125 Å². The van der Waals surface area contributed by atoms with Gasteiger partial charge < -0.3 is 19.6 Å². The van der Waals surface area contributed by atoms with Gasteiger partial charge >= 0.3 is 405 Å². The third kappa shape index (κ3) is 30.7. The maximum atomic E-state index is 6.21. The first-order valence-electron chi connectivity index (χ1n) is 39.9. The molecule has 2 saturated heterocycles. The molecule has 21 heteroatoms. The van der Waals surface area contributed by atoms with Crippen molar-refractivity contribution in [2.75, 3.05) is 45.8 Å². The number of rotatable bonds is 7. The summed E-state index contributed by atoms with van der Waals surface area (Å²) in [5.41, 5.74) is 31.6. The number of pyridine rings is 2. The summed E-state index contributed by atoms with van der Waals surface area (Å²) in [7, 11) is 24.0. The molecule has 117 heavy (non-hydrogen) atoms. The molecule has 0 amide bonds. The van der Waals surface area contributed by atoms with Crippen molar-refractivity contribution >= 4 is 315 Å². The molecule has 4 heterocycles. The van der Waals surface area contributed by atoms with Crippen LogP contribution in [0.15, 0.2) is 295 Å². The number of aromatic nitrogens is 2. The fraction of sp³-hybridized carbons (Fsp3) is 0.167. The van der Waals surface area contributed by atoms with E-state index in [1.807, 2.05) is 48.5 Å². The largest absolute Gasteiger partial charge is 0.102 e. The first-order chi connectivity index (χ1) is 56.5. The van der Waals surface area contributed by atoms with E-state index in [0.717, 1.165) is 35.1 Å². The molecule has 0 atom stereocenters. The Labute approximate surface area is 878 Å². The molecule has 6 nitrogen and oxygen atoms in total. The van der Waals surface area contributed by atoms with Gasteiger partial charge in [-0.2, -0.15) is 13.3 Å². The third-order valence-electron chi connectivity index (χ3n) is 19.3. The average Bonchev–Trinajstić information content (AvgIpc) is 1.61. The Bertz CT molecular complexity index is 4750. The Balaban J connectivity index is 0.000000173. The summed E-state index contributed by atoms with van der Waals surface area (Å²) in [6.07, 6.45) is 6.98. The molecule has 0 spiro atoms. The summed E-state index contributed by atoms with van der Waals surface area (Å²) in [5, 5.41) is 4.31. The van der Waals surface area contributed by atoms with E-state index in [4.69, 9.17) is 38.8 Å². The smallest absolute Gasteiger partial charge is 0.0620 e. The maximum Gasteiger partial charge on any atom is 0.102 e. The Hall–Kier alpha value is 2.27. The van der Waals surface area contributed by atoms with Crippen LogP contribution in [0.2, 0.25) is 0 Å². The molecule has 578 valence electrons. The van der Waals surface area contributed by atoms with Crippen LogP contribution >= 0.6 is 78.5 Å². The Morgan fingerprint density at radius 3 is 0.658 bits per heavy atom. The molecule has 13 aromatic rings. The molecule has 17 rings (SSSR count). The summed E-state index contributed by atoms with van der Waals surface area (Å²) in [6.45, 7) is 35.1. The predicted octanol–water partition coefficient (Wildman–Crippen LogP) is 22.9.